The van der Waals surface area contributed by atoms with Crippen LogP contribution in [0.2, 0.25) is 5.02 Å². The van der Waals surface area contributed by atoms with Gasteiger partial charge in [-0.2, -0.15) is 0 Å². The molecule has 1 aromatic rings. The van der Waals surface area contributed by atoms with Crippen molar-refractivity contribution in [2.24, 2.45) is 0 Å². The Bertz CT molecular complexity index is 370. The van der Waals surface area contributed by atoms with Gasteiger partial charge in [0.1, 0.15) is 0 Å². The van der Waals surface area contributed by atoms with E-state index in [0.29, 0.717) is 5.02 Å². The second kappa shape index (κ2) is 6.07. The molecule has 0 saturated carbocycles. The van der Waals surface area contributed by atoms with Crippen molar-refractivity contribution in [2.75, 3.05) is 43.2 Å². The number of nitrogens with zero attached hydrogens (tertiary/aromatic N) is 1. The van der Waals surface area contributed by atoms with Gasteiger partial charge < -0.3 is 25.6 Å². The standard InChI is InChI=1S/C11H15ClN3O2/c12-10-7-9(13-8-14-16)1-2-11(10)15-3-5-17-6-4-15/h1-2,7,13-14H,3-6,8H2/q-1. The monoisotopic (exact) mass is 256 g/mol. The van der Waals surface area contributed by atoms with E-state index in [-0.39, 0.29) is 6.67 Å². The lowest BCUT2D eigenvalue weighted by molar-refractivity contribution is 0.122. The van der Waals surface area contributed by atoms with E-state index in [9.17, 15) is 5.21 Å². The number of hydrogen-bond donors (Lipinski definition) is 2. The molecule has 0 radical (unpaired) electrons. The van der Waals surface area contributed by atoms with Crippen molar-refractivity contribution >= 4 is 23.0 Å². The number of anilines is 2. The van der Waals surface area contributed by atoms with E-state index < -0.39 is 0 Å². The maximum absolute atomic E-state index is 10.1. The summed E-state index contributed by atoms with van der Waals surface area (Å²) in [6, 6.07) is 5.69. The molecular formula is C11H15ClN3O2-. The third-order valence-electron chi connectivity index (χ3n) is 2.66. The Balaban J connectivity index is 2.07. The molecule has 0 unspecified atom stereocenters. The summed E-state index contributed by atoms with van der Waals surface area (Å²) in [5.41, 5.74) is 3.62. The van der Waals surface area contributed by atoms with Gasteiger partial charge in [0.25, 0.3) is 0 Å². The van der Waals surface area contributed by atoms with E-state index in [1.54, 1.807) is 5.48 Å². The molecule has 1 fully saturated rings. The normalized spacial score (nSPS) is 16.0. The zero-order valence-electron chi connectivity index (χ0n) is 9.41. The van der Waals surface area contributed by atoms with Crippen molar-refractivity contribution in [3.63, 3.8) is 0 Å². The molecular weight excluding hydrogens is 242 g/mol. The van der Waals surface area contributed by atoms with Gasteiger partial charge in [0, 0.05) is 18.8 Å². The van der Waals surface area contributed by atoms with Crippen LogP contribution in [0.25, 0.3) is 0 Å². The largest absolute Gasteiger partial charge is 0.787 e. The summed E-state index contributed by atoms with van der Waals surface area (Å²) in [5.74, 6) is 0. The van der Waals surface area contributed by atoms with Gasteiger partial charge in [0.15, 0.2) is 0 Å². The lowest BCUT2D eigenvalue weighted by Gasteiger charge is -2.29. The van der Waals surface area contributed by atoms with Crippen LogP contribution in [0, 0.1) is 5.21 Å². The lowest BCUT2D eigenvalue weighted by Crippen LogP contribution is -2.36. The average molecular weight is 257 g/mol. The molecule has 0 aromatic heterocycles. The maximum Gasteiger partial charge on any atom is 0.0660 e. The van der Waals surface area contributed by atoms with Crippen molar-refractivity contribution in [1.82, 2.24) is 5.48 Å². The Morgan fingerprint density at radius 2 is 2.12 bits per heavy atom. The molecule has 17 heavy (non-hydrogen) atoms. The quantitative estimate of drug-likeness (QED) is 0.633. The van der Waals surface area contributed by atoms with Gasteiger partial charge in [-0.25, -0.2) is 0 Å². The number of ether oxygens (including phenoxy) is 1. The molecule has 6 heteroatoms. The molecule has 0 aliphatic carbocycles. The molecule has 0 bridgehead atoms. The molecule has 94 valence electrons. The molecule has 0 spiro atoms. The topological polar surface area (TPSA) is 59.6 Å². The minimum atomic E-state index is 0.174. The Kier molecular flexibility index (Phi) is 4.44. The van der Waals surface area contributed by atoms with Crippen LogP contribution in [0.5, 0.6) is 0 Å². The van der Waals surface area contributed by atoms with E-state index in [1.807, 2.05) is 18.2 Å². The highest BCUT2D eigenvalue weighted by atomic mass is 35.5. The highest BCUT2D eigenvalue weighted by Crippen LogP contribution is 2.29. The Morgan fingerprint density at radius 1 is 1.35 bits per heavy atom. The van der Waals surface area contributed by atoms with Crippen LogP contribution in [-0.2, 0) is 4.74 Å². The van der Waals surface area contributed by atoms with Crippen LogP contribution in [0.1, 0.15) is 0 Å². The van der Waals surface area contributed by atoms with Crippen molar-refractivity contribution < 1.29 is 4.74 Å². The van der Waals surface area contributed by atoms with Gasteiger partial charge in [0.05, 0.1) is 30.6 Å². The zero-order valence-corrected chi connectivity index (χ0v) is 10.2. The van der Waals surface area contributed by atoms with E-state index >= 15 is 0 Å². The van der Waals surface area contributed by atoms with Gasteiger partial charge in [-0.1, -0.05) is 11.6 Å². The first-order valence-electron chi connectivity index (χ1n) is 5.52. The minimum absolute atomic E-state index is 0.174. The van der Waals surface area contributed by atoms with E-state index in [4.69, 9.17) is 16.3 Å². The molecule has 0 amide bonds. The Hall–Kier alpha value is -1.01. The molecule has 5 nitrogen and oxygen atoms in total. The molecule has 1 aliphatic rings. The summed E-state index contributed by atoms with van der Waals surface area (Å²) in [5, 5.41) is 13.7. The summed E-state index contributed by atoms with van der Waals surface area (Å²) in [6.07, 6.45) is 0. The Labute approximate surface area is 105 Å². The van der Waals surface area contributed by atoms with Crippen LogP contribution >= 0.6 is 11.6 Å². The average Bonchev–Trinajstić information content (AvgIpc) is 2.37. The highest BCUT2D eigenvalue weighted by molar-refractivity contribution is 6.33. The number of rotatable bonds is 4. The molecule has 1 saturated heterocycles. The second-order valence-corrected chi connectivity index (χ2v) is 4.17. The van der Waals surface area contributed by atoms with Crippen molar-refractivity contribution in [3.05, 3.63) is 28.4 Å². The highest BCUT2D eigenvalue weighted by Gasteiger charge is 2.14. The summed E-state index contributed by atoms with van der Waals surface area (Å²) in [7, 11) is 0. The first kappa shape index (κ1) is 12.4. The van der Waals surface area contributed by atoms with Gasteiger partial charge in [0.2, 0.25) is 0 Å². The maximum atomic E-state index is 10.1. The van der Waals surface area contributed by atoms with E-state index in [2.05, 4.69) is 10.2 Å². The fourth-order valence-electron chi connectivity index (χ4n) is 1.82. The van der Waals surface area contributed by atoms with Gasteiger partial charge in [-0.3, -0.25) is 0 Å². The summed E-state index contributed by atoms with van der Waals surface area (Å²) < 4.78 is 5.30. The molecule has 2 rings (SSSR count). The number of halogens is 1. The Morgan fingerprint density at radius 3 is 2.76 bits per heavy atom. The predicted octanol–water partition coefficient (Wildman–Crippen LogP) is 1.63. The third kappa shape index (κ3) is 3.23. The fourth-order valence-corrected chi connectivity index (χ4v) is 2.12. The number of nitrogens with one attached hydrogen (secondary N) is 2. The number of morpholine rings is 1. The number of benzene rings is 1. The zero-order chi connectivity index (χ0) is 12.1. The van der Waals surface area contributed by atoms with Crippen molar-refractivity contribution in [3.8, 4) is 0 Å². The molecule has 1 aliphatic heterocycles. The van der Waals surface area contributed by atoms with Crippen LogP contribution in [0.15, 0.2) is 18.2 Å². The predicted molar refractivity (Wildman–Crippen MR) is 69.5 cm³/mol. The van der Waals surface area contributed by atoms with Gasteiger partial charge in [-0.15, -0.1) is 0 Å². The smallest absolute Gasteiger partial charge is 0.0660 e. The molecule has 1 aromatic carbocycles. The van der Waals surface area contributed by atoms with Crippen molar-refractivity contribution in [1.29, 1.82) is 0 Å². The molecule has 0 atom stereocenters. The summed E-state index contributed by atoms with van der Waals surface area (Å²) >= 11 is 6.22. The number of hydrogen-bond acceptors (Lipinski definition) is 5. The SMILES string of the molecule is [O-]NCNc1ccc(N2CCOCC2)c(Cl)c1. The minimum Gasteiger partial charge on any atom is -0.787 e. The van der Waals surface area contributed by atoms with Gasteiger partial charge in [-0.05, 0) is 18.2 Å². The van der Waals surface area contributed by atoms with Crippen LogP contribution in [-0.4, -0.2) is 33.0 Å². The first-order chi connectivity index (χ1) is 8.31. The van der Waals surface area contributed by atoms with Crippen LogP contribution < -0.4 is 15.7 Å². The summed E-state index contributed by atoms with van der Waals surface area (Å²) in [6.45, 7) is 3.35. The van der Waals surface area contributed by atoms with E-state index in [0.717, 1.165) is 37.7 Å². The van der Waals surface area contributed by atoms with Crippen LogP contribution in [0.4, 0.5) is 11.4 Å². The first-order valence-corrected chi connectivity index (χ1v) is 5.90. The fraction of sp³-hybridized carbons (Fsp3) is 0.455. The lowest BCUT2D eigenvalue weighted by atomic mass is 10.2. The van der Waals surface area contributed by atoms with Crippen molar-refractivity contribution in [2.45, 2.75) is 0 Å². The second-order valence-electron chi connectivity index (χ2n) is 3.76. The summed E-state index contributed by atoms with van der Waals surface area (Å²) in [4.78, 5) is 2.20. The van der Waals surface area contributed by atoms with Gasteiger partial charge >= 0.3 is 0 Å². The van der Waals surface area contributed by atoms with Crippen LogP contribution in [0.3, 0.4) is 0 Å². The van der Waals surface area contributed by atoms with E-state index in [1.165, 1.54) is 0 Å². The third-order valence-corrected chi connectivity index (χ3v) is 2.97. The number of hydroxylamine groups is 1. The molecule has 1 heterocycles. The molecule has 2 N–H and O–H groups in total.